The van der Waals surface area contributed by atoms with Gasteiger partial charge >= 0.3 is 5.97 Å². The summed E-state index contributed by atoms with van der Waals surface area (Å²) in [6.07, 6.45) is 0. The molecular formula is C10H8O4S. The summed E-state index contributed by atoms with van der Waals surface area (Å²) in [6.45, 7) is 0. The number of carbonyl (C=O) groups is 1. The van der Waals surface area contributed by atoms with Crippen LogP contribution in [0, 0.1) is 11.2 Å². The highest BCUT2D eigenvalue weighted by Crippen LogP contribution is 2.08. The molecule has 1 rings (SSSR count). The Bertz CT molecular complexity index is 505. The van der Waals surface area contributed by atoms with Gasteiger partial charge in [-0.05, 0) is 12.1 Å². The second-order valence-corrected chi connectivity index (χ2v) is 4.22. The molecule has 78 valence electrons. The topological polar surface area (TPSA) is 60.4 Å². The standard InChI is InChI=1S/C10H8O4S/c1-14-10(11)7-8-15(12,13)9-5-3-2-4-6-9/h2-6H,1H3. The molecule has 0 amide bonds. The van der Waals surface area contributed by atoms with Crippen LogP contribution in [0.25, 0.3) is 0 Å². The van der Waals surface area contributed by atoms with E-state index in [1.165, 1.54) is 12.1 Å². The molecule has 0 unspecified atom stereocenters. The molecule has 1 aromatic rings. The lowest BCUT2D eigenvalue weighted by Crippen LogP contribution is -2.00. The average Bonchev–Trinajstić information content (AvgIpc) is 2.27. The first-order chi connectivity index (χ1) is 7.06. The average molecular weight is 224 g/mol. The molecule has 0 aliphatic heterocycles. The van der Waals surface area contributed by atoms with Crippen molar-refractivity contribution in [3.8, 4) is 11.2 Å². The number of ether oxygens (including phenoxy) is 1. The monoisotopic (exact) mass is 224 g/mol. The SMILES string of the molecule is COC(=O)C#CS(=O)(=O)c1ccccc1. The first-order valence-electron chi connectivity index (χ1n) is 3.97. The van der Waals surface area contributed by atoms with E-state index in [4.69, 9.17) is 0 Å². The van der Waals surface area contributed by atoms with Crippen molar-refractivity contribution in [1.29, 1.82) is 0 Å². The van der Waals surface area contributed by atoms with Gasteiger partial charge in [-0.25, -0.2) is 13.2 Å². The minimum absolute atomic E-state index is 0.0569. The molecule has 0 aromatic heterocycles. The summed E-state index contributed by atoms with van der Waals surface area (Å²) in [5.74, 6) is 0.992. The minimum Gasteiger partial charge on any atom is -0.459 e. The molecule has 0 radical (unpaired) electrons. The molecule has 0 saturated heterocycles. The van der Waals surface area contributed by atoms with Crippen LogP contribution < -0.4 is 0 Å². The van der Waals surface area contributed by atoms with E-state index < -0.39 is 15.8 Å². The van der Waals surface area contributed by atoms with Gasteiger partial charge in [0.2, 0.25) is 9.84 Å². The second kappa shape index (κ2) is 4.62. The van der Waals surface area contributed by atoms with E-state index in [0.717, 1.165) is 7.11 Å². The van der Waals surface area contributed by atoms with Gasteiger partial charge < -0.3 is 4.74 Å². The van der Waals surface area contributed by atoms with E-state index in [2.05, 4.69) is 4.74 Å². The van der Waals surface area contributed by atoms with E-state index in [1.54, 1.807) is 18.2 Å². The predicted octanol–water partition coefficient (Wildman–Crippen LogP) is 0.594. The molecule has 0 spiro atoms. The van der Waals surface area contributed by atoms with Crippen LogP contribution in [0.2, 0.25) is 0 Å². The second-order valence-electron chi connectivity index (χ2n) is 2.54. The van der Waals surface area contributed by atoms with Crippen LogP contribution in [-0.2, 0) is 19.4 Å². The quantitative estimate of drug-likeness (QED) is 0.398. The summed E-state index contributed by atoms with van der Waals surface area (Å²) in [6, 6.07) is 7.65. The van der Waals surface area contributed by atoms with Crippen LogP contribution in [0.3, 0.4) is 0 Å². The summed E-state index contributed by atoms with van der Waals surface area (Å²) >= 11 is 0. The maximum absolute atomic E-state index is 11.5. The van der Waals surface area contributed by atoms with Gasteiger partial charge in [-0.15, -0.1) is 0 Å². The smallest absolute Gasteiger partial charge is 0.385 e. The lowest BCUT2D eigenvalue weighted by Gasteiger charge is -1.94. The fraction of sp³-hybridized carbons (Fsp3) is 0.100. The van der Waals surface area contributed by atoms with Crippen molar-refractivity contribution in [3.63, 3.8) is 0 Å². The predicted molar refractivity (Wildman–Crippen MR) is 53.4 cm³/mol. The molecule has 0 atom stereocenters. The van der Waals surface area contributed by atoms with Gasteiger partial charge in [0.25, 0.3) is 0 Å². The lowest BCUT2D eigenvalue weighted by atomic mass is 10.4. The van der Waals surface area contributed by atoms with Crippen LogP contribution in [-0.4, -0.2) is 21.5 Å². The molecule has 15 heavy (non-hydrogen) atoms. The Hall–Kier alpha value is -1.80. The third-order valence-electron chi connectivity index (χ3n) is 1.53. The van der Waals surface area contributed by atoms with Gasteiger partial charge in [-0.1, -0.05) is 18.2 Å². The Labute approximate surface area is 87.8 Å². The van der Waals surface area contributed by atoms with Gasteiger partial charge in [0.1, 0.15) is 0 Å². The van der Waals surface area contributed by atoms with Crippen molar-refractivity contribution in [2.24, 2.45) is 0 Å². The Morgan fingerprint density at radius 2 is 1.87 bits per heavy atom. The van der Waals surface area contributed by atoms with E-state index in [-0.39, 0.29) is 4.90 Å². The number of carbonyl (C=O) groups excluding carboxylic acids is 1. The van der Waals surface area contributed by atoms with Crippen LogP contribution in [0.5, 0.6) is 0 Å². The van der Waals surface area contributed by atoms with Gasteiger partial charge in [-0.3, -0.25) is 0 Å². The maximum atomic E-state index is 11.5. The van der Waals surface area contributed by atoms with Crippen molar-refractivity contribution in [3.05, 3.63) is 30.3 Å². The molecule has 0 bridgehead atoms. The van der Waals surface area contributed by atoms with Crippen molar-refractivity contribution in [2.75, 3.05) is 7.11 Å². The Balaban J connectivity index is 3.04. The van der Waals surface area contributed by atoms with Crippen molar-refractivity contribution in [1.82, 2.24) is 0 Å². The van der Waals surface area contributed by atoms with E-state index in [0.29, 0.717) is 0 Å². The molecule has 0 fully saturated rings. The zero-order valence-electron chi connectivity index (χ0n) is 7.93. The number of hydrogen-bond acceptors (Lipinski definition) is 4. The van der Waals surface area contributed by atoms with E-state index in [1.807, 2.05) is 11.2 Å². The fourth-order valence-corrected chi connectivity index (χ4v) is 1.67. The first-order valence-corrected chi connectivity index (χ1v) is 5.45. The summed E-state index contributed by atoms with van der Waals surface area (Å²) in [5, 5.41) is 1.87. The van der Waals surface area contributed by atoms with E-state index >= 15 is 0 Å². The van der Waals surface area contributed by atoms with Crippen molar-refractivity contribution < 1.29 is 17.9 Å². The molecule has 0 N–H and O–H groups in total. The number of benzene rings is 1. The highest BCUT2D eigenvalue weighted by molar-refractivity contribution is 7.96. The number of esters is 1. The summed E-state index contributed by atoms with van der Waals surface area (Å²) in [4.78, 5) is 10.7. The molecule has 5 heteroatoms. The summed E-state index contributed by atoms with van der Waals surface area (Å²) in [7, 11) is -2.60. The number of sulfone groups is 1. The zero-order valence-corrected chi connectivity index (χ0v) is 8.74. The molecular weight excluding hydrogens is 216 g/mol. The molecule has 0 saturated carbocycles. The van der Waals surface area contributed by atoms with Crippen LogP contribution >= 0.6 is 0 Å². The molecule has 0 heterocycles. The molecule has 0 aliphatic rings. The number of rotatable bonds is 1. The van der Waals surface area contributed by atoms with Gasteiger partial charge in [0.05, 0.1) is 12.0 Å². The minimum atomic E-state index is -3.73. The van der Waals surface area contributed by atoms with Crippen LogP contribution in [0.4, 0.5) is 0 Å². The van der Waals surface area contributed by atoms with Crippen molar-refractivity contribution >= 4 is 15.8 Å². The maximum Gasteiger partial charge on any atom is 0.385 e. The molecule has 0 aliphatic carbocycles. The third-order valence-corrected chi connectivity index (χ3v) is 2.79. The van der Waals surface area contributed by atoms with Crippen LogP contribution in [0.1, 0.15) is 0 Å². The molecule has 1 aromatic carbocycles. The largest absolute Gasteiger partial charge is 0.459 e. The number of methoxy groups -OCH3 is 1. The highest BCUT2D eigenvalue weighted by atomic mass is 32.2. The van der Waals surface area contributed by atoms with E-state index in [9.17, 15) is 13.2 Å². The Morgan fingerprint density at radius 3 is 2.40 bits per heavy atom. The first kappa shape index (κ1) is 11.3. The zero-order chi connectivity index (χ0) is 11.3. The Kier molecular flexibility index (Phi) is 3.47. The lowest BCUT2D eigenvalue weighted by molar-refractivity contribution is -0.133. The molecule has 4 nitrogen and oxygen atoms in total. The third kappa shape index (κ3) is 3.11. The van der Waals surface area contributed by atoms with Gasteiger partial charge in [0.15, 0.2) is 0 Å². The van der Waals surface area contributed by atoms with Crippen LogP contribution in [0.15, 0.2) is 35.2 Å². The fourth-order valence-electron chi connectivity index (χ4n) is 0.818. The summed E-state index contributed by atoms with van der Waals surface area (Å²) in [5.41, 5.74) is 0. The number of hydrogen-bond donors (Lipinski definition) is 0. The Morgan fingerprint density at radius 1 is 1.27 bits per heavy atom. The highest BCUT2D eigenvalue weighted by Gasteiger charge is 2.09. The summed E-state index contributed by atoms with van der Waals surface area (Å²) < 4.78 is 27.1. The van der Waals surface area contributed by atoms with Crippen molar-refractivity contribution in [2.45, 2.75) is 4.90 Å². The van der Waals surface area contributed by atoms with Gasteiger partial charge in [-0.2, -0.15) is 0 Å². The normalized spacial score (nSPS) is 9.93. The van der Waals surface area contributed by atoms with Gasteiger partial charge in [0, 0.05) is 11.2 Å².